The number of anilines is 3. The number of carbonyl (C=O) groups excluding carboxylic acids is 2. The molecule has 3 rings (SSSR count). The summed E-state index contributed by atoms with van der Waals surface area (Å²) in [5, 5.41) is 2.72. The van der Waals surface area contributed by atoms with Crippen molar-refractivity contribution in [3.63, 3.8) is 0 Å². The SMILES string of the molecule is CCOC(=O)N(C)c1ccc(NC(=O)c2cccc(S(=O)(=O)Nc3ccc(C)cc3)c2)cc1. The molecule has 0 aliphatic heterocycles. The number of aryl methyl sites for hydroxylation is 1. The first-order valence-corrected chi connectivity index (χ1v) is 11.7. The van der Waals surface area contributed by atoms with Crippen LogP contribution in [-0.4, -0.2) is 34.1 Å². The van der Waals surface area contributed by atoms with Crippen LogP contribution in [0.4, 0.5) is 21.9 Å². The Bertz CT molecular complexity index is 1240. The van der Waals surface area contributed by atoms with Crippen molar-refractivity contribution in [2.24, 2.45) is 0 Å². The number of amides is 2. The van der Waals surface area contributed by atoms with E-state index < -0.39 is 22.0 Å². The summed E-state index contributed by atoms with van der Waals surface area (Å²) < 4.78 is 32.9. The Balaban J connectivity index is 1.71. The second-order valence-electron chi connectivity index (χ2n) is 7.26. The Hall–Kier alpha value is -3.85. The fourth-order valence-corrected chi connectivity index (χ4v) is 4.04. The van der Waals surface area contributed by atoms with E-state index >= 15 is 0 Å². The Morgan fingerprint density at radius 1 is 0.939 bits per heavy atom. The van der Waals surface area contributed by atoms with Crippen molar-refractivity contribution < 1.29 is 22.7 Å². The number of hydrogen-bond acceptors (Lipinski definition) is 5. The van der Waals surface area contributed by atoms with Crippen LogP contribution in [0.15, 0.2) is 77.7 Å². The predicted molar refractivity (Wildman–Crippen MR) is 128 cm³/mol. The molecule has 0 saturated carbocycles. The topological polar surface area (TPSA) is 105 Å². The number of nitrogens with one attached hydrogen (secondary N) is 2. The molecular formula is C24H25N3O5S. The van der Waals surface area contributed by atoms with Gasteiger partial charge in [-0.2, -0.15) is 0 Å². The van der Waals surface area contributed by atoms with E-state index in [0.29, 0.717) is 17.1 Å². The second kappa shape index (κ2) is 10.2. The summed E-state index contributed by atoms with van der Waals surface area (Å²) in [5.41, 5.74) is 2.73. The van der Waals surface area contributed by atoms with Crippen LogP contribution in [0, 0.1) is 6.92 Å². The van der Waals surface area contributed by atoms with E-state index in [1.54, 1.807) is 62.5 Å². The van der Waals surface area contributed by atoms with Crippen LogP contribution in [-0.2, 0) is 14.8 Å². The molecule has 0 fully saturated rings. The molecule has 9 heteroatoms. The maximum atomic E-state index is 12.7. The van der Waals surface area contributed by atoms with E-state index in [1.165, 1.54) is 29.2 Å². The van der Waals surface area contributed by atoms with Crippen LogP contribution in [0.3, 0.4) is 0 Å². The largest absolute Gasteiger partial charge is 0.449 e. The lowest BCUT2D eigenvalue weighted by Crippen LogP contribution is -2.26. The highest BCUT2D eigenvalue weighted by Gasteiger charge is 2.17. The van der Waals surface area contributed by atoms with Gasteiger partial charge < -0.3 is 10.1 Å². The Labute approximate surface area is 193 Å². The third-order valence-corrected chi connectivity index (χ3v) is 6.14. The number of carbonyl (C=O) groups is 2. The fourth-order valence-electron chi connectivity index (χ4n) is 2.94. The van der Waals surface area contributed by atoms with E-state index in [2.05, 4.69) is 10.0 Å². The van der Waals surface area contributed by atoms with Crippen molar-refractivity contribution in [2.75, 3.05) is 28.6 Å². The minimum absolute atomic E-state index is 0.0258. The summed E-state index contributed by atoms with van der Waals surface area (Å²) in [5.74, 6) is -0.464. The second-order valence-corrected chi connectivity index (χ2v) is 8.94. The minimum atomic E-state index is -3.86. The molecule has 0 spiro atoms. The number of benzene rings is 3. The zero-order valence-corrected chi connectivity index (χ0v) is 19.3. The quantitative estimate of drug-likeness (QED) is 0.527. The van der Waals surface area contributed by atoms with Crippen molar-refractivity contribution in [1.29, 1.82) is 0 Å². The van der Waals surface area contributed by atoms with Crippen molar-refractivity contribution in [3.8, 4) is 0 Å². The van der Waals surface area contributed by atoms with Crippen LogP contribution in [0.5, 0.6) is 0 Å². The molecule has 0 aliphatic carbocycles. The van der Waals surface area contributed by atoms with Gasteiger partial charge in [-0.15, -0.1) is 0 Å². The van der Waals surface area contributed by atoms with Gasteiger partial charge in [-0.05, 0) is 68.4 Å². The standard InChI is InChI=1S/C24H25N3O5S/c1-4-32-24(29)27(3)21-14-12-19(13-15-21)25-23(28)18-6-5-7-22(16-18)33(30,31)26-20-10-8-17(2)9-11-20/h5-16,26H,4H2,1-3H3,(H,25,28). The van der Waals surface area contributed by atoms with Gasteiger partial charge >= 0.3 is 6.09 Å². The molecule has 3 aromatic rings. The summed E-state index contributed by atoms with van der Waals surface area (Å²) in [4.78, 5) is 25.8. The molecule has 2 amide bonds. The molecule has 3 aromatic carbocycles. The average Bonchev–Trinajstić information content (AvgIpc) is 2.80. The van der Waals surface area contributed by atoms with Gasteiger partial charge in [0.15, 0.2) is 0 Å². The minimum Gasteiger partial charge on any atom is -0.449 e. The molecule has 33 heavy (non-hydrogen) atoms. The molecule has 8 nitrogen and oxygen atoms in total. The van der Waals surface area contributed by atoms with Crippen molar-refractivity contribution in [2.45, 2.75) is 18.7 Å². The van der Waals surface area contributed by atoms with E-state index in [0.717, 1.165) is 5.56 Å². The lowest BCUT2D eigenvalue weighted by Gasteiger charge is -2.17. The highest BCUT2D eigenvalue weighted by Crippen LogP contribution is 2.20. The third-order valence-electron chi connectivity index (χ3n) is 4.76. The summed E-state index contributed by atoms with van der Waals surface area (Å²) in [7, 11) is -2.28. The number of hydrogen-bond donors (Lipinski definition) is 2. The molecule has 0 unspecified atom stereocenters. The third kappa shape index (κ3) is 6.11. The summed E-state index contributed by atoms with van der Waals surface area (Å²) >= 11 is 0. The first-order valence-electron chi connectivity index (χ1n) is 10.2. The van der Waals surface area contributed by atoms with Gasteiger partial charge in [-0.1, -0.05) is 23.8 Å². The van der Waals surface area contributed by atoms with E-state index in [-0.39, 0.29) is 17.1 Å². The van der Waals surface area contributed by atoms with Crippen molar-refractivity contribution in [3.05, 3.63) is 83.9 Å². The van der Waals surface area contributed by atoms with Gasteiger partial charge in [0.05, 0.1) is 11.5 Å². The molecule has 0 radical (unpaired) electrons. The summed E-state index contributed by atoms with van der Waals surface area (Å²) in [6.07, 6.45) is -0.480. The van der Waals surface area contributed by atoms with E-state index in [1.807, 2.05) is 6.92 Å². The molecule has 0 atom stereocenters. The first-order chi connectivity index (χ1) is 15.7. The van der Waals surface area contributed by atoms with E-state index in [9.17, 15) is 18.0 Å². The zero-order chi connectivity index (χ0) is 24.0. The summed E-state index contributed by atoms with van der Waals surface area (Å²) in [6.45, 7) is 3.91. The molecule has 2 N–H and O–H groups in total. The van der Waals surface area contributed by atoms with Crippen LogP contribution < -0.4 is 14.9 Å². The van der Waals surface area contributed by atoms with Crippen molar-refractivity contribution in [1.82, 2.24) is 0 Å². The normalized spacial score (nSPS) is 10.9. The molecule has 0 heterocycles. The zero-order valence-electron chi connectivity index (χ0n) is 18.5. The molecule has 0 saturated heterocycles. The van der Waals surface area contributed by atoms with Gasteiger partial charge in [0, 0.05) is 29.7 Å². The highest BCUT2D eigenvalue weighted by molar-refractivity contribution is 7.92. The predicted octanol–water partition coefficient (Wildman–Crippen LogP) is 4.64. The van der Waals surface area contributed by atoms with Gasteiger partial charge in [0.1, 0.15) is 0 Å². The Morgan fingerprint density at radius 2 is 1.58 bits per heavy atom. The molecule has 172 valence electrons. The van der Waals surface area contributed by atoms with Crippen LogP contribution in [0.2, 0.25) is 0 Å². The van der Waals surface area contributed by atoms with Gasteiger partial charge in [0.25, 0.3) is 15.9 Å². The lowest BCUT2D eigenvalue weighted by atomic mass is 10.2. The monoisotopic (exact) mass is 467 g/mol. The number of sulfonamides is 1. The van der Waals surface area contributed by atoms with Gasteiger partial charge in [-0.3, -0.25) is 14.4 Å². The van der Waals surface area contributed by atoms with Crippen LogP contribution >= 0.6 is 0 Å². The number of rotatable bonds is 7. The Kier molecular flexibility index (Phi) is 7.34. The molecule has 0 bridgehead atoms. The maximum Gasteiger partial charge on any atom is 0.413 e. The number of nitrogens with zero attached hydrogens (tertiary/aromatic N) is 1. The Morgan fingerprint density at radius 3 is 2.21 bits per heavy atom. The molecule has 0 aliphatic rings. The highest BCUT2D eigenvalue weighted by atomic mass is 32.2. The molecule has 0 aromatic heterocycles. The van der Waals surface area contributed by atoms with E-state index in [4.69, 9.17) is 4.74 Å². The maximum absolute atomic E-state index is 12.7. The smallest absolute Gasteiger partial charge is 0.413 e. The van der Waals surface area contributed by atoms with Gasteiger partial charge in [0.2, 0.25) is 0 Å². The average molecular weight is 468 g/mol. The summed E-state index contributed by atoms with van der Waals surface area (Å²) in [6, 6.07) is 19.3. The number of ether oxygens (including phenoxy) is 1. The van der Waals surface area contributed by atoms with Crippen molar-refractivity contribution >= 4 is 39.1 Å². The van der Waals surface area contributed by atoms with Gasteiger partial charge in [-0.25, -0.2) is 13.2 Å². The first kappa shape index (κ1) is 23.8. The fraction of sp³-hybridized carbons (Fsp3) is 0.167. The molecular weight excluding hydrogens is 442 g/mol. The van der Waals surface area contributed by atoms with Crippen LogP contribution in [0.25, 0.3) is 0 Å². The lowest BCUT2D eigenvalue weighted by molar-refractivity contribution is 0.102. The van der Waals surface area contributed by atoms with Crippen LogP contribution in [0.1, 0.15) is 22.8 Å².